The summed E-state index contributed by atoms with van der Waals surface area (Å²) in [5.74, 6) is 1.05. The number of nitrogens with zero attached hydrogens (tertiary/aromatic N) is 2. The molecule has 0 saturated carbocycles. The molecule has 7 heteroatoms. The van der Waals surface area contributed by atoms with Crippen molar-refractivity contribution < 1.29 is 4.52 Å². The van der Waals surface area contributed by atoms with Gasteiger partial charge in [-0.15, -0.1) is 11.8 Å². The first-order valence-electron chi connectivity index (χ1n) is 8.88. The van der Waals surface area contributed by atoms with Gasteiger partial charge in [0.25, 0.3) is 5.89 Å². The highest BCUT2D eigenvalue weighted by atomic mass is 32.2. The maximum atomic E-state index is 5.64. The average Bonchev–Trinajstić information content (AvgIpc) is 3.17. The fourth-order valence-electron chi connectivity index (χ4n) is 3.18. The molecule has 2 aromatic carbocycles. The highest BCUT2D eigenvalue weighted by Crippen LogP contribution is 2.35. The number of allylic oxidation sites excluding steroid dienone is 1. The Hall–Kier alpha value is -2.64. The highest BCUT2D eigenvalue weighted by molar-refractivity contribution is 7.98. The Morgan fingerprint density at radius 2 is 1.75 bits per heavy atom. The molecule has 1 aliphatic rings. The van der Waals surface area contributed by atoms with E-state index in [1.807, 2.05) is 31.2 Å². The summed E-state index contributed by atoms with van der Waals surface area (Å²) in [5, 5.41) is 11.3. The van der Waals surface area contributed by atoms with Crippen LogP contribution >= 0.6 is 24.0 Å². The fourth-order valence-corrected chi connectivity index (χ4v) is 3.86. The molecular formula is C21H20N4OS2. The van der Waals surface area contributed by atoms with E-state index in [0.29, 0.717) is 16.8 Å². The van der Waals surface area contributed by atoms with Gasteiger partial charge in [-0.1, -0.05) is 47.1 Å². The third-order valence-corrected chi connectivity index (χ3v) is 5.65. The van der Waals surface area contributed by atoms with Gasteiger partial charge in [0, 0.05) is 16.2 Å². The fraction of sp³-hybridized carbons (Fsp3) is 0.190. The molecule has 4 rings (SSSR count). The van der Waals surface area contributed by atoms with Crippen molar-refractivity contribution in [3.63, 3.8) is 0 Å². The number of thiocarbonyl (C=S) groups is 1. The van der Waals surface area contributed by atoms with Crippen LogP contribution in [0, 0.1) is 6.92 Å². The summed E-state index contributed by atoms with van der Waals surface area (Å²) in [6.07, 6.45) is 2.06. The van der Waals surface area contributed by atoms with Crippen LogP contribution in [0.25, 0.3) is 17.0 Å². The predicted molar refractivity (Wildman–Crippen MR) is 117 cm³/mol. The second kappa shape index (κ2) is 7.77. The summed E-state index contributed by atoms with van der Waals surface area (Å²) >= 11 is 7.09. The molecule has 2 N–H and O–H groups in total. The minimum absolute atomic E-state index is 0.157. The van der Waals surface area contributed by atoms with Crippen LogP contribution in [0.1, 0.15) is 30.0 Å². The minimum atomic E-state index is -0.157. The van der Waals surface area contributed by atoms with E-state index >= 15 is 0 Å². The molecule has 0 spiro atoms. The first kappa shape index (κ1) is 18.7. The van der Waals surface area contributed by atoms with Crippen molar-refractivity contribution in [1.29, 1.82) is 0 Å². The molecule has 28 heavy (non-hydrogen) atoms. The first-order chi connectivity index (χ1) is 13.5. The summed E-state index contributed by atoms with van der Waals surface area (Å²) in [6.45, 7) is 4.02. The van der Waals surface area contributed by atoms with Gasteiger partial charge in [0.15, 0.2) is 5.11 Å². The van der Waals surface area contributed by atoms with Gasteiger partial charge in [0.2, 0.25) is 5.82 Å². The van der Waals surface area contributed by atoms with Crippen LogP contribution in [-0.4, -0.2) is 21.5 Å². The summed E-state index contributed by atoms with van der Waals surface area (Å²) in [5.41, 5.74) is 5.00. The van der Waals surface area contributed by atoms with E-state index in [4.69, 9.17) is 16.7 Å². The van der Waals surface area contributed by atoms with Crippen molar-refractivity contribution in [2.24, 2.45) is 0 Å². The Morgan fingerprint density at radius 1 is 1.04 bits per heavy atom. The number of thioether (sulfide) groups is 1. The van der Waals surface area contributed by atoms with Gasteiger partial charge in [0.1, 0.15) is 0 Å². The second-order valence-electron chi connectivity index (χ2n) is 6.63. The SMILES string of the molecule is CSc1ccc([C@H]2NC(=S)NC(C)=C2c2nc(-c3ccc(C)cc3)no2)cc1. The number of rotatable bonds is 4. The lowest BCUT2D eigenvalue weighted by Crippen LogP contribution is -2.42. The summed E-state index contributed by atoms with van der Waals surface area (Å²) in [4.78, 5) is 5.87. The van der Waals surface area contributed by atoms with E-state index in [9.17, 15) is 0 Å². The molecule has 3 aromatic rings. The van der Waals surface area contributed by atoms with Crippen molar-refractivity contribution in [2.45, 2.75) is 24.8 Å². The quantitative estimate of drug-likeness (QED) is 0.478. The van der Waals surface area contributed by atoms with E-state index in [1.54, 1.807) is 11.8 Å². The second-order valence-corrected chi connectivity index (χ2v) is 7.92. The average molecular weight is 409 g/mol. The third kappa shape index (κ3) is 3.68. The number of nitrogens with one attached hydrogen (secondary N) is 2. The zero-order valence-electron chi connectivity index (χ0n) is 15.8. The summed E-state index contributed by atoms with van der Waals surface area (Å²) in [7, 11) is 0. The van der Waals surface area contributed by atoms with Crippen LogP contribution in [0.3, 0.4) is 0 Å². The van der Waals surface area contributed by atoms with E-state index in [2.05, 4.69) is 58.2 Å². The Bertz CT molecular complexity index is 1040. The van der Waals surface area contributed by atoms with Gasteiger partial charge in [-0.2, -0.15) is 4.98 Å². The monoisotopic (exact) mass is 408 g/mol. The van der Waals surface area contributed by atoms with Crippen LogP contribution in [-0.2, 0) is 0 Å². The van der Waals surface area contributed by atoms with E-state index < -0.39 is 0 Å². The molecule has 1 aromatic heterocycles. The Balaban J connectivity index is 1.73. The molecule has 0 bridgehead atoms. The van der Waals surface area contributed by atoms with E-state index in [1.165, 1.54) is 10.5 Å². The Morgan fingerprint density at radius 3 is 2.43 bits per heavy atom. The zero-order chi connectivity index (χ0) is 19.7. The first-order valence-corrected chi connectivity index (χ1v) is 10.5. The van der Waals surface area contributed by atoms with Gasteiger partial charge >= 0.3 is 0 Å². The number of hydrogen-bond donors (Lipinski definition) is 2. The largest absolute Gasteiger partial charge is 0.351 e. The molecule has 0 radical (unpaired) electrons. The van der Waals surface area contributed by atoms with Crippen LogP contribution in [0.15, 0.2) is 63.6 Å². The van der Waals surface area contributed by atoms with Gasteiger partial charge in [-0.3, -0.25) is 0 Å². The highest BCUT2D eigenvalue weighted by Gasteiger charge is 2.30. The van der Waals surface area contributed by atoms with Crippen molar-refractivity contribution in [3.8, 4) is 11.4 Å². The van der Waals surface area contributed by atoms with Crippen molar-refractivity contribution in [1.82, 2.24) is 20.8 Å². The van der Waals surface area contributed by atoms with Gasteiger partial charge in [0.05, 0.1) is 11.6 Å². The summed E-state index contributed by atoms with van der Waals surface area (Å²) < 4.78 is 5.64. The lowest BCUT2D eigenvalue weighted by Gasteiger charge is -2.29. The maximum Gasteiger partial charge on any atom is 0.258 e. The molecule has 1 atom stereocenters. The number of aryl methyl sites for hydroxylation is 1. The van der Waals surface area contributed by atoms with Crippen molar-refractivity contribution in [2.75, 3.05) is 6.26 Å². The molecule has 0 fully saturated rings. The lowest BCUT2D eigenvalue weighted by molar-refractivity contribution is 0.403. The van der Waals surface area contributed by atoms with Crippen LogP contribution < -0.4 is 10.6 Å². The van der Waals surface area contributed by atoms with Gasteiger partial charge in [-0.05, 0) is 50.0 Å². The van der Waals surface area contributed by atoms with Crippen LogP contribution in [0.5, 0.6) is 0 Å². The smallest absolute Gasteiger partial charge is 0.258 e. The van der Waals surface area contributed by atoms with Crippen molar-refractivity contribution in [3.05, 3.63) is 71.2 Å². The standard InChI is InChI=1S/C21H20N4OS2/c1-12-4-6-15(7-5-12)19-24-20(26-25-19)17-13(2)22-21(27)23-18(17)14-8-10-16(28-3)11-9-14/h4-11,18H,1-3H3,(H2,22,23,27)/t18-/m1/s1. The molecule has 0 aliphatic carbocycles. The van der Waals surface area contributed by atoms with E-state index in [0.717, 1.165) is 22.4 Å². The molecule has 0 amide bonds. The Kier molecular flexibility index (Phi) is 5.19. The number of hydrogen-bond acceptors (Lipinski definition) is 5. The van der Waals surface area contributed by atoms with Crippen LogP contribution in [0.2, 0.25) is 0 Å². The topological polar surface area (TPSA) is 63.0 Å². The third-order valence-electron chi connectivity index (χ3n) is 4.68. The zero-order valence-corrected chi connectivity index (χ0v) is 17.4. The molecule has 2 heterocycles. The van der Waals surface area contributed by atoms with Gasteiger partial charge < -0.3 is 15.2 Å². The van der Waals surface area contributed by atoms with E-state index in [-0.39, 0.29) is 6.04 Å². The van der Waals surface area contributed by atoms with Gasteiger partial charge in [-0.25, -0.2) is 0 Å². The molecule has 142 valence electrons. The number of aromatic nitrogens is 2. The molecule has 1 aliphatic heterocycles. The van der Waals surface area contributed by atoms with Crippen molar-refractivity contribution >= 4 is 34.7 Å². The molecule has 5 nitrogen and oxygen atoms in total. The van der Waals surface area contributed by atoms with Crippen LogP contribution in [0.4, 0.5) is 0 Å². The molecular weight excluding hydrogens is 388 g/mol. The number of benzene rings is 2. The molecule has 0 unspecified atom stereocenters. The normalized spacial score (nSPS) is 16.7. The molecule has 0 saturated heterocycles. The maximum absolute atomic E-state index is 5.64. The summed E-state index contributed by atoms with van der Waals surface area (Å²) in [6, 6.07) is 16.3. The minimum Gasteiger partial charge on any atom is -0.351 e. The Labute approximate surface area is 173 Å². The lowest BCUT2D eigenvalue weighted by atomic mass is 9.95. The predicted octanol–water partition coefficient (Wildman–Crippen LogP) is 4.72.